The highest BCUT2D eigenvalue weighted by molar-refractivity contribution is 6.04. The average molecular weight is 424 g/mol. The Morgan fingerprint density at radius 1 is 1.26 bits per heavy atom. The predicted molar refractivity (Wildman–Crippen MR) is 112 cm³/mol. The number of imide groups is 1. The number of ether oxygens (including phenoxy) is 1. The van der Waals surface area contributed by atoms with Gasteiger partial charge in [-0.1, -0.05) is 0 Å². The van der Waals surface area contributed by atoms with Crippen LogP contribution < -0.4 is 15.4 Å². The molecular weight excluding hydrogens is 400 g/mol. The second-order valence-electron chi connectivity index (χ2n) is 7.33. The predicted octanol–water partition coefficient (Wildman–Crippen LogP) is 2.26. The van der Waals surface area contributed by atoms with E-state index in [1.54, 1.807) is 19.2 Å². The maximum atomic E-state index is 12.5. The molecule has 9 nitrogen and oxygen atoms in total. The summed E-state index contributed by atoms with van der Waals surface area (Å²) in [6.45, 7) is 1.17. The van der Waals surface area contributed by atoms with Crippen LogP contribution in [0.4, 0.5) is 4.79 Å². The standard InChI is InChI=1S/C22H24N4O5/c1-30-16-4-6-19-15(13-16)8-10-25(19)11-9-23-20(27)7-5-18-21(28)26(22(29)24-18)14-17-3-2-12-31-17/h2-4,6,8,10,12-13,18H,5,7,9,11,14H2,1H3,(H,23,27)(H,24,29)/t18-/m0/s1. The molecule has 1 aliphatic heterocycles. The molecule has 31 heavy (non-hydrogen) atoms. The quantitative estimate of drug-likeness (QED) is 0.513. The molecule has 1 atom stereocenters. The van der Waals surface area contributed by atoms with Crippen LogP contribution in [0.2, 0.25) is 0 Å². The van der Waals surface area contributed by atoms with Crippen LogP contribution in [0.1, 0.15) is 18.6 Å². The van der Waals surface area contributed by atoms with Gasteiger partial charge in [0.25, 0.3) is 5.91 Å². The Balaban J connectivity index is 1.23. The number of fused-ring (bicyclic) bond motifs is 1. The molecule has 4 rings (SSSR count). The fraction of sp³-hybridized carbons (Fsp3) is 0.318. The van der Waals surface area contributed by atoms with Crippen molar-refractivity contribution in [3.8, 4) is 5.75 Å². The maximum absolute atomic E-state index is 12.5. The van der Waals surface area contributed by atoms with E-state index < -0.39 is 12.1 Å². The molecule has 0 radical (unpaired) electrons. The summed E-state index contributed by atoms with van der Waals surface area (Å²) in [5.41, 5.74) is 1.06. The normalized spacial score (nSPS) is 16.0. The molecule has 0 unspecified atom stereocenters. The van der Waals surface area contributed by atoms with Gasteiger partial charge in [-0.3, -0.25) is 14.5 Å². The number of aromatic nitrogens is 1. The molecule has 162 valence electrons. The van der Waals surface area contributed by atoms with Crippen molar-refractivity contribution < 1.29 is 23.5 Å². The number of rotatable bonds is 9. The van der Waals surface area contributed by atoms with E-state index >= 15 is 0 Å². The summed E-state index contributed by atoms with van der Waals surface area (Å²) >= 11 is 0. The lowest BCUT2D eigenvalue weighted by Crippen LogP contribution is -2.33. The van der Waals surface area contributed by atoms with Gasteiger partial charge in [-0.2, -0.15) is 0 Å². The minimum Gasteiger partial charge on any atom is -0.497 e. The number of amides is 4. The Kier molecular flexibility index (Phi) is 5.92. The number of carbonyl (C=O) groups is 3. The van der Waals surface area contributed by atoms with Crippen molar-refractivity contribution in [1.82, 2.24) is 20.1 Å². The van der Waals surface area contributed by atoms with Gasteiger partial charge < -0.3 is 24.4 Å². The Morgan fingerprint density at radius 2 is 2.13 bits per heavy atom. The fourth-order valence-electron chi connectivity index (χ4n) is 3.66. The molecule has 3 aromatic rings. The second-order valence-corrected chi connectivity index (χ2v) is 7.33. The van der Waals surface area contributed by atoms with E-state index in [4.69, 9.17) is 9.15 Å². The SMILES string of the molecule is COc1ccc2c(ccn2CCNC(=O)CC[C@@H]2NC(=O)N(Cc3ccco3)C2=O)c1. The van der Waals surface area contributed by atoms with E-state index in [-0.39, 0.29) is 31.2 Å². The van der Waals surface area contributed by atoms with Crippen molar-refractivity contribution in [3.05, 3.63) is 54.6 Å². The van der Waals surface area contributed by atoms with Crippen LogP contribution in [0.3, 0.4) is 0 Å². The molecule has 1 saturated heterocycles. The first-order valence-electron chi connectivity index (χ1n) is 10.1. The van der Waals surface area contributed by atoms with Crippen molar-refractivity contribution >= 4 is 28.7 Å². The van der Waals surface area contributed by atoms with E-state index in [9.17, 15) is 14.4 Å². The number of hydrogen-bond donors (Lipinski definition) is 2. The molecular formula is C22H24N4O5. The molecule has 2 N–H and O–H groups in total. The van der Waals surface area contributed by atoms with Crippen molar-refractivity contribution in [2.24, 2.45) is 0 Å². The highest BCUT2D eigenvalue weighted by atomic mass is 16.5. The minimum atomic E-state index is -0.698. The van der Waals surface area contributed by atoms with Crippen LogP contribution in [-0.4, -0.2) is 47.0 Å². The first-order chi connectivity index (χ1) is 15.0. The highest BCUT2D eigenvalue weighted by Gasteiger charge is 2.38. The van der Waals surface area contributed by atoms with Crippen LogP contribution >= 0.6 is 0 Å². The smallest absolute Gasteiger partial charge is 0.325 e. The lowest BCUT2D eigenvalue weighted by molar-refractivity contribution is -0.128. The molecule has 3 heterocycles. The van der Waals surface area contributed by atoms with Gasteiger partial charge >= 0.3 is 6.03 Å². The molecule has 0 aliphatic carbocycles. The average Bonchev–Trinajstić information content (AvgIpc) is 3.49. The van der Waals surface area contributed by atoms with Crippen molar-refractivity contribution in [2.75, 3.05) is 13.7 Å². The molecule has 0 saturated carbocycles. The minimum absolute atomic E-state index is 0.0804. The number of hydrogen-bond acceptors (Lipinski definition) is 5. The van der Waals surface area contributed by atoms with Crippen molar-refractivity contribution in [1.29, 1.82) is 0 Å². The lowest BCUT2D eigenvalue weighted by atomic mass is 10.1. The monoisotopic (exact) mass is 424 g/mol. The molecule has 1 aliphatic rings. The molecule has 4 amide bonds. The van der Waals surface area contributed by atoms with Crippen molar-refractivity contribution in [2.45, 2.75) is 32.0 Å². The zero-order valence-corrected chi connectivity index (χ0v) is 17.2. The molecule has 0 spiro atoms. The van der Waals surface area contributed by atoms with Gasteiger partial charge in [0.05, 0.1) is 19.9 Å². The van der Waals surface area contributed by atoms with Crippen LogP contribution in [0.15, 0.2) is 53.3 Å². The van der Waals surface area contributed by atoms with Crippen molar-refractivity contribution in [3.63, 3.8) is 0 Å². The van der Waals surface area contributed by atoms with Gasteiger partial charge in [0.2, 0.25) is 5.91 Å². The highest BCUT2D eigenvalue weighted by Crippen LogP contribution is 2.21. The largest absolute Gasteiger partial charge is 0.497 e. The summed E-state index contributed by atoms with van der Waals surface area (Å²) in [4.78, 5) is 37.8. The topological polar surface area (TPSA) is 106 Å². The fourth-order valence-corrected chi connectivity index (χ4v) is 3.66. The van der Waals surface area contributed by atoms with Crippen LogP contribution in [-0.2, 0) is 22.7 Å². The van der Waals surface area contributed by atoms with E-state index in [0.29, 0.717) is 18.8 Å². The number of nitrogens with one attached hydrogen (secondary N) is 2. The van der Waals surface area contributed by atoms with Gasteiger partial charge in [0.15, 0.2) is 0 Å². The first-order valence-corrected chi connectivity index (χ1v) is 10.1. The lowest BCUT2D eigenvalue weighted by Gasteiger charge is -2.11. The van der Waals surface area contributed by atoms with Crippen LogP contribution in [0.25, 0.3) is 10.9 Å². The second kappa shape index (κ2) is 8.95. The summed E-state index contributed by atoms with van der Waals surface area (Å²) in [7, 11) is 1.63. The third kappa shape index (κ3) is 4.55. The van der Waals surface area contributed by atoms with Gasteiger partial charge in [-0.15, -0.1) is 0 Å². The zero-order valence-electron chi connectivity index (χ0n) is 17.2. The Hall–Kier alpha value is -3.75. The van der Waals surface area contributed by atoms with Gasteiger partial charge in [-0.25, -0.2) is 4.79 Å². The van der Waals surface area contributed by atoms with E-state index in [1.165, 1.54) is 6.26 Å². The van der Waals surface area contributed by atoms with E-state index in [0.717, 1.165) is 21.6 Å². The van der Waals surface area contributed by atoms with Gasteiger partial charge in [0, 0.05) is 36.6 Å². The van der Waals surface area contributed by atoms with Crippen LogP contribution in [0.5, 0.6) is 5.75 Å². The zero-order chi connectivity index (χ0) is 21.8. The number of nitrogens with zero attached hydrogens (tertiary/aromatic N) is 2. The number of furan rings is 1. The van der Waals surface area contributed by atoms with Crippen LogP contribution in [0, 0.1) is 0 Å². The summed E-state index contributed by atoms with van der Waals surface area (Å²) in [5, 5.41) is 6.57. The van der Waals surface area contributed by atoms with E-state index in [2.05, 4.69) is 15.2 Å². The maximum Gasteiger partial charge on any atom is 0.325 e. The Bertz CT molecular complexity index is 1090. The molecule has 0 bridgehead atoms. The number of benzene rings is 1. The van der Waals surface area contributed by atoms with Gasteiger partial charge in [-0.05, 0) is 42.8 Å². The summed E-state index contributed by atoms with van der Waals surface area (Å²) in [6.07, 6.45) is 3.85. The van der Waals surface area contributed by atoms with Gasteiger partial charge in [0.1, 0.15) is 17.6 Å². The number of urea groups is 1. The summed E-state index contributed by atoms with van der Waals surface area (Å²) in [6, 6.07) is 10.1. The summed E-state index contributed by atoms with van der Waals surface area (Å²) in [5.74, 6) is 0.820. The molecule has 1 aromatic carbocycles. The molecule has 9 heteroatoms. The Morgan fingerprint density at radius 3 is 2.90 bits per heavy atom. The van der Waals surface area contributed by atoms with E-state index in [1.807, 2.05) is 30.5 Å². The third-order valence-electron chi connectivity index (χ3n) is 5.31. The Labute approximate surface area is 178 Å². The molecule has 1 fully saturated rings. The summed E-state index contributed by atoms with van der Waals surface area (Å²) < 4.78 is 12.5. The number of methoxy groups -OCH3 is 1. The third-order valence-corrected chi connectivity index (χ3v) is 5.31. The first kappa shape index (κ1) is 20.5. The molecule has 2 aromatic heterocycles. The number of carbonyl (C=O) groups excluding carboxylic acids is 3.